The third-order valence-corrected chi connectivity index (χ3v) is 6.35. The molecule has 27 heavy (non-hydrogen) atoms. The molecule has 5 rings (SSSR count). The molecule has 3 heterocycles. The molecule has 1 aliphatic heterocycles. The molecule has 4 nitrogen and oxygen atoms in total. The van der Waals surface area contributed by atoms with Crippen LogP contribution in [-0.4, -0.2) is 27.6 Å². The van der Waals surface area contributed by atoms with Crippen molar-refractivity contribution in [1.82, 2.24) is 9.38 Å². The van der Waals surface area contributed by atoms with Gasteiger partial charge in [0, 0.05) is 23.8 Å². The second kappa shape index (κ2) is 6.84. The number of fused-ring (bicyclic) bond motifs is 1. The first-order chi connectivity index (χ1) is 13.2. The fourth-order valence-corrected chi connectivity index (χ4v) is 4.64. The Balaban J connectivity index is 1.38. The van der Waals surface area contributed by atoms with Crippen LogP contribution in [0.15, 0.2) is 48.9 Å². The molecule has 2 fully saturated rings. The number of piperidine rings is 1. The molecule has 0 bridgehead atoms. The number of rotatable bonds is 4. The van der Waals surface area contributed by atoms with Gasteiger partial charge in [-0.2, -0.15) is 0 Å². The van der Waals surface area contributed by atoms with E-state index in [1.807, 2.05) is 30.7 Å². The van der Waals surface area contributed by atoms with Crippen molar-refractivity contribution in [3.05, 3.63) is 65.2 Å². The monoisotopic (exact) mass is 381 g/mol. The summed E-state index contributed by atoms with van der Waals surface area (Å²) < 4.78 is 2.10. The summed E-state index contributed by atoms with van der Waals surface area (Å²) in [5, 5.41) is 12.1. The van der Waals surface area contributed by atoms with Crippen molar-refractivity contribution in [3.63, 3.8) is 0 Å². The number of anilines is 1. The van der Waals surface area contributed by atoms with Gasteiger partial charge in [0.25, 0.3) is 0 Å². The topological polar surface area (TPSA) is 40.8 Å². The molecule has 1 aromatic carbocycles. The lowest BCUT2D eigenvalue weighted by molar-refractivity contribution is 0.0871. The molecular weight excluding hydrogens is 358 g/mol. The molecule has 3 aromatic rings. The highest BCUT2D eigenvalue weighted by atomic mass is 35.5. The first kappa shape index (κ1) is 17.1. The van der Waals surface area contributed by atoms with Crippen LogP contribution in [0, 0.1) is 5.92 Å². The lowest BCUT2D eigenvalue weighted by Crippen LogP contribution is -2.36. The van der Waals surface area contributed by atoms with Gasteiger partial charge in [-0.1, -0.05) is 23.7 Å². The van der Waals surface area contributed by atoms with Gasteiger partial charge in [-0.3, -0.25) is 0 Å². The van der Waals surface area contributed by atoms with Gasteiger partial charge in [0.05, 0.1) is 29.8 Å². The number of halogens is 1. The van der Waals surface area contributed by atoms with Crippen molar-refractivity contribution in [3.8, 4) is 0 Å². The Hall–Kier alpha value is -2.04. The normalized spacial score (nSPS) is 19.6. The van der Waals surface area contributed by atoms with E-state index in [4.69, 9.17) is 11.6 Å². The van der Waals surface area contributed by atoms with E-state index in [1.54, 1.807) is 0 Å². The van der Waals surface area contributed by atoms with Gasteiger partial charge in [-0.05, 0) is 67.3 Å². The highest BCUT2D eigenvalue weighted by Gasteiger charge is 2.34. The fraction of sp³-hybridized carbons (Fsp3) is 0.409. The van der Waals surface area contributed by atoms with Crippen LogP contribution in [-0.2, 0) is 0 Å². The standard InChI is InChI=1S/C22H24ClN3O/c23-17-2-1-3-18(12-17)25-10-8-16(9-11-25)22(27)21-20(15-4-5-15)7-6-19-13-24-14-26(19)21/h1-3,6-7,12-16,22,27H,4-5,8-11H2/t22-/m1/s1. The summed E-state index contributed by atoms with van der Waals surface area (Å²) in [6, 6.07) is 12.4. The third kappa shape index (κ3) is 3.21. The predicted molar refractivity (Wildman–Crippen MR) is 109 cm³/mol. The maximum Gasteiger partial charge on any atom is 0.0995 e. The number of hydrogen-bond acceptors (Lipinski definition) is 3. The average molecular weight is 382 g/mol. The van der Waals surface area contributed by atoms with Crippen molar-refractivity contribution in [2.45, 2.75) is 37.7 Å². The Bertz CT molecular complexity index is 957. The largest absolute Gasteiger partial charge is 0.387 e. The molecule has 0 amide bonds. The van der Waals surface area contributed by atoms with Crippen LogP contribution in [0.1, 0.15) is 49.0 Å². The van der Waals surface area contributed by atoms with Crippen LogP contribution < -0.4 is 4.90 Å². The van der Waals surface area contributed by atoms with Gasteiger partial charge >= 0.3 is 0 Å². The number of imidazole rings is 1. The van der Waals surface area contributed by atoms with Gasteiger partial charge in [-0.25, -0.2) is 4.98 Å². The Kier molecular flexibility index (Phi) is 4.33. The number of aliphatic hydroxyl groups is 1. The minimum atomic E-state index is -0.444. The molecular formula is C22H24ClN3O. The van der Waals surface area contributed by atoms with Crippen LogP contribution in [0.4, 0.5) is 5.69 Å². The molecule has 2 aliphatic rings. The van der Waals surface area contributed by atoms with E-state index in [9.17, 15) is 5.11 Å². The zero-order chi connectivity index (χ0) is 18.4. The lowest BCUT2D eigenvalue weighted by atomic mass is 9.87. The molecule has 5 heteroatoms. The predicted octanol–water partition coefficient (Wildman–Crippen LogP) is 4.82. The van der Waals surface area contributed by atoms with Crippen LogP contribution in [0.2, 0.25) is 5.02 Å². The van der Waals surface area contributed by atoms with Crippen molar-refractivity contribution in [2.75, 3.05) is 18.0 Å². The minimum Gasteiger partial charge on any atom is -0.387 e. The Morgan fingerprint density at radius 2 is 1.89 bits per heavy atom. The molecule has 0 spiro atoms. The summed E-state index contributed by atoms with van der Waals surface area (Å²) in [5.41, 5.74) is 4.61. The van der Waals surface area contributed by atoms with Crippen molar-refractivity contribution in [2.24, 2.45) is 5.92 Å². The average Bonchev–Trinajstić information content (AvgIpc) is 3.43. The summed E-state index contributed by atoms with van der Waals surface area (Å²) in [5.74, 6) is 0.874. The highest BCUT2D eigenvalue weighted by molar-refractivity contribution is 6.30. The number of pyridine rings is 1. The van der Waals surface area contributed by atoms with Gasteiger partial charge in [0.1, 0.15) is 0 Å². The van der Waals surface area contributed by atoms with E-state index in [1.165, 1.54) is 24.1 Å². The molecule has 1 aliphatic carbocycles. The molecule has 2 aromatic heterocycles. The molecule has 1 atom stereocenters. The van der Waals surface area contributed by atoms with Gasteiger partial charge in [0.2, 0.25) is 0 Å². The van der Waals surface area contributed by atoms with Gasteiger partial charge in [0.15, 0.2) is 0 Å². The van der Waals surface area contributed by atoms with Crippen LogP contribution in [0.5, 0.6) is 0 Å². The number of benzene rings is 1. The maximum absolute atomic E-state index is 11.3. The first-order valence-corrected chi connectivity index (χ1v) is 10.2. The zero-order valence-electron chi connectivity index (χ0n) is 15.3. The molecule has 140 valence electrons. The molecule has 1 saturated carbocycles. The summed E-state index contributed by atoms with van der Waals surface area (Å²) >= 11 is 6.15. The fourth-order valence-electron chi connectivity index (χ4n) is 4.45. The number of hydrogen-bond donors (Lipinski definition) is 1. The van der Waals surface area contributed by atoms with E-state index in [0.717, 1.165) is 42.2 Å². The van der Waals surface area contributed by atoms with E-state index in [-0.39, 0.29) is 5.92 Å². The molecule has 1 saturated heterocycles. The number of aromatic nitrogens is 2. The SMILES string of the molecule is O[C@@H](c1c(C2CC2)ccc2cncn12)C1CCN(c2cccc(Cl)c2)CC1. The number of nitrogens with zero attached hydrogens (tertiary/aromatic N) is 3. The minimum absolute atomic E-state index is 0.269. The second-order valence-electron chi connectivity index (χ2n) is 7.89. The smallest absolute Gasteiger partial charge is 0.0995 e. The van der Waals surface area contributed by atoms with Crippen LogP contribution >= 0.6 is 11.6 Å². The highest BCUT2D eigenvalue weighted by Crippen LogP contribution is 2.45. The molecule has 1 N–H and O–H groups in total. The van der Waals surface area contributed by atoms with E-state index < -0.39 is 6.10 Å². The van der Waals surface area contributed by atoms with Crippen molar-refractivity contribution < 1.29 is 5.11 Å². The Labute approximate surface area is 164 Å². The molecule has 0 unspecified atom stereocenters. The quantitative estimate of drug-likeness (QED) is 0.704. The van der Waals surface area contributed by atoms with E-state index in [0.29, 0.717) is 5.92 Å². The summed E-state index contributed by atoms with van der Waals surface area (Å²) in [6.07, 6.45) is 7.68. The second-order valence-corrected chi connectivity index (χ2v) is 8.32. The van der Waals surface area contributed by atoms with Crippen LogP contribution in [0.25, 0.3) is 5.52 Å². The number of aliphatic hydroxyl groups excluding tert-OH is 1. The van der Waals surface area contributed by atoms with Crippen molar-refractivity contribution in [1.29, 1.82) is 0 Å². The summed E-state index contributed by atoms with van der Waals surface area (Å²) in [7, 11) is 0. The summed E-state index contributed by atoms with van der Waals surface area (Å²) in [4.78, 5) is 6.67. The van der Waals surface area contributed by atoms with E-state index in [2.05, 4.69) is 32.5 Å². The van der Waals surface area contributed by atoms with Gasteiger partial charge < -0.3 is 14.4 Å². The third-order valence-electron chi connectivity index (χ3n) is 6.11. The molecule has 0 radical (unpaired) electrons. The van der Waals surface area contributed by atoms with Crippen LogP contribution in [0.3, 0.4) is 0 Å². The first-order valence-electron chi connectivity index (χ1n) is 9.84. The lowest BCUT2D eigenvalue weighted by Gasteiger charge is -2.36. The Morgan fingerprint density at radius 3 is 2.63 bits per heavy atom. The zero-order valence-corrected chi connectivity index (χ0v) is 16.0. The van der Waals surface area contributed by atoms with Gasteiger partial charge in [-0.15, -0.1) is 0 Å². The van der Waals surface area contributed by atoms with E-state index >= 15 is 0 Å². The Morgan fingerprint density at radius 1 is 1.07 bits per heavy atom. The summed E-state index contributed by atoms with van der Waals surface area (Å²) in [6.45, 7) is 1.89. The maximum atomic E-state index is 11.3. The van der Waals surface area contributed by atoms with Crippen molar-refractivity contribution >= 4 is 22.8 Å².